The van der Waals surface area contributed by atoms with Gasteiger partial charge < -0.3 is 5.11 Å². The summed E-state index contributed by atoms with van der Waals surface area (Å²) in [5.41, 5.74) is 2.72. The molecule has 0 aromatic heterocycles. The van der Waals surface area contributed by atoms with Crippen molar-refractivity contribution in [2.24, 2.45) is 22.7 Å². The second-order valence-corrected chi connectivity index (χ2v) is 8.40. The van der Waals surface area contributed by atoms with E-state index in [9.17, 15) is 4.79 Å². The normalized spacial score (nSPS) is 35.1. The van der Waals surface area contributed by atoms with Crippen LogP contribution in [0.2, 0.25) is 0 Å². The Hall–Kier alpha value is -0.890. The first kappa shape index (κ1) is 17.5. The predicted octanol–water partition coefficient (Wildman–Crippen LogP) is 4.68. The third kappa shape index (κ3) is 3.08. The third-order valence-corrected chi connectivity index (χ3v) is 6.24. The van der Waals surface area contributed by atoms with Gasteiger partial charge in [0.15, 0.2) is 5.78 Å². The van der Waals surface area contributed by atoms with Crippen LogP contribution in [0.3, 0.4) is 0 Å². The molecule has 124 valence electrons. The highest BCUT2D eigenvalue weighted by atomic mass is 16.2. The van der Waals surface area contributed by atoms with Crippen molar-refractivity contribution in [1.29, 1.82) is 0 Å². The fourth-order valence-corrected chi connectivity index (χ4v) is 5.31. The van der Waals surface area contributed by atoms with Gasteiger partial charge in [-0.2, -0.15) is 0 Å². The molecule has 0 spiro atoms. The number of carbonyl (C=O) groups is 1. The van der Waals surface area contributed by atoms with E-state index in [0.29, 0.717) is 11.7 Å². The lowest BCUT2D eigenvalue weighted by atomic mass is 9.48. The van der Waals surface area contributed by atoms with E-state index in [4.69, 9.17) is 5.11 Å². The molecule has 0 amide bonds. The molecule has 2 aliphatic rings. The fourth-order valence-electron chi connectivity index (χ4n) is 5.31. The zero-order valence-electron chi connectivity index (χ0n) is 14.9. The van der Waals surface area contributed by atoms with Gasteiger partial charge in [-0.1, -0.05) is 44.4 Å². The highest BCUT2D eigenvalue weighted by Gasteiger charge is 2.55. The van der Waals surface area contributed by atoms with Crippen LogP contribution in [0, 0.1) is 22.7 Å². The van der Waals surface area contributed by atoms with Gasteiger partial charge in [0.05, 0.1) is 6.61 Å². The summed E-state index contributed by atoms with van der Waals surface area (Å²) in [7, 11) is 0. The van der Waals surface area contributed by atoms with Crippen LogP contribution in [-0.4, -0.2) is 17.5 Å². The van der Waals surface area contributed by atoms with Gasteiger partial charge in [-0.05, 0) is 62.4 Å². The number of fused-ring (bicyclic) bond motifs is 1. The number of aliphatic hydroxyl groups excluding tert-OH is 1. The second-order valence-electron chi connectivity index (χ2n) is 8.40. The maximum Gasteiger partial charge on any atom is 0.159 e. The molecule has 2 heteroatoms. The zero-order chi connectivity index (χ0) is 16.5. The topological polar surface area (TPSA) is 37.3 Å². The van der Waals surface area contributed by atoms with Crippen LogP contribution in [0.15, 0.2) is 23.3 Å². The van der Waals surface area contributed by atoms with Gasteiger partial charge in [-0.3, -0.25) is 4.79 Å². The monoisotopic (exact) mass is 304 g/mol. The first-order chi connectivity index (χ1) is 10.2. The van der Waals surface area contributed by atoms with Crippen LogP contribution in [0.1, 0.15) is 66.7 Å². The van der Waals surface area contributed by atoms with E-state index >= 15 is 0 Å². The van der Waals surface area contributed by atoms with Gasteiger partial charge in [0.1, 0.15) is 0 Å². The van der Waals surface area contributed by atoms with E-state index in [-0.39, 0.29) is 23.4 Å². The van der Waals surface area contributed by atoms with Crippen molar-refractivity contribution in [3.05, 3.63) is 23.3 Å². The number of carbonyl (C=O) groups excluding carboxylic acids is 1. The van der Waals surface area contributed by atoms with Crippen molar-refractivity contribution >= 4 is 5.78 Å². The summed E-state index contributed by atoms with van der Waals surface area (Å²) in [6.45, 7) is 11.2. The van der Waals surface area contributed by atoms with E-state index in [0.717, 1.165) is 25.7 Å². The molecule has 0 radical (unpaired) electrons. The maximum atomic E-state index is 12.7. The average Bonchev–Trinajstić information content (AvgIpc) is 2.36. The van der Waals surface area contributed by atoms with E-state index in [1.807, 2.05) is 12.2 Å². The molecule has 1 N–H and O–H groups in total. The molecule has 0 heterocycles. The molecule has 1 fully saturated rings. The van der Waals surface area contributed by atoms with Gasteiger partial charge in [-0.15, -0.1) is 0 Å². The van der Waals surface area contributed by atoms with E-state index in [1.165, 1.54) is 17.6 Å². The largest absolute Gasteiger partial charge is 0.392 e. The van der Waals surface area contributed by atoms with Crippen molar-refractivity contribution in [3.63, 3.8) is 0 Å². The van der Waals surface area contributed by atoms with Crippen molar-refractivity contribution in [3.8, 4) is 0 Å². The Morgan fingerprint density at radius 3 is 2.68 bits per heavy atom. The summed E-state index contributed by atoms with van der Waals surface area (Å²) >= 11 is 0. The van der Waals surface area contributed by atoms with Crippen molar-refractivity contribution < 1.29 is 9.90 Å². The molecule has 22 heavy (non-hydrogen) atoms. The van der Waals surface area contributed by atoms with Gasteiger partial charge >= 0.3 is 0 Å². The number of aliphatic hydroxyl groups is 1. The summed E-state index contributed by atoms with van der Waals surface area (Å²) in [6.07, 6.45) is 9.46. The Morgan fingerprint density at radius 1 is 1.36 bits per heavy atom. The van der Waals surface area contributed by atoms with Crippen LogP contribution in [0.5, 0.6) is 0 Å². The second kappa shape index (κ2) is 6.31. The number of rotatable bonds is 4. The Bertz CT molecular complexity index is 498. The van der Waals surface area contributed by atoms with Crippen LogP contribution in [-0.2, 0) is 4.79 Å². The lowest BCUT2D eigenvalue weighted by Crippen LogP contribution is -2.52. The van der Waals surface area contributed by atoms with Gasteiger partial charge in [0, 0.05) is 5.92 Å². The fraction of sp³-hybridized carbons (Fsp3) is 0.750. The molecule has 0 bridgehead atoms. The van der Waals surface area contributed by atoms with E-state index in [2.05, 4.69) is 34.6 Å². The first-order valence-corrected chi connectivity index (χ1v) is 8.71. The molecule has 3 atom stereocenters. The molecule has 2 rings (SSSR count). The molecule has 0 aliphatic heterocycles. The van der Waals surface area contributed by atoms with Crippen LogP contribution in [0.25, 0.3) is 0 Å². The molecule has 0 aromatic rings. The van der Waals surface area contributed by atoms with Crippen molar-refractivity contribution in [2.45, 2.75) is 66.7 Å². The Labute approximate surface area is 135 Å². The lowest BCUT2D eigenvalue weighted by Gasteiger charge is -2.55. The quantitative estimate of drug-likeness (QED) is 0.765. The number of hydrogen-bond donors (Lipinski definition) is 1. The molecule has 2 aliphatic carbocycles. The highest BCUT2D eigenvalue weighted by Crippen LogP contribution is 2.59. The summed E-state index contributed by atoms with van der Waals surface area (Å²) in [5, 5.41) is 9.03. The van der Waals surface area contributed by atoms with E-state index in [1.54, 1.807) is 0 Å². The van der Waals surface area contributed by atoms with Crippen molar-refractivity contribution in [1.82, 2.24) is 0 Å². The molecule has 1 saturated carbocycles. The van der Waals surface area contributed by atoms with Gasteiger partial charge in [-0.25, -0.2) is 0 Å². The number of allylic oxidation sites excluding steroid dienone is 3. The Kier molecular flexibility index (Phi) is 5.01. The van der Waals surface area contributed by atoms with Crippen molar-refractivity contribution in [2.75, 3.05) is 6.61 Å². The molecule has 3 unspecified atom stereocenters. The summed E-state index contributed by atoms with van der Waals surface area (Å²) < 4.78 is 0. The Morgan fingerprint density at radius 2 is 2.05 bits per heavy atom. The lowest BCUT2D eigenvalue weighted by molar-refractivity contribution is -0.136. The minimum Gasteiger partial charge on any atom is -0.392 e. The van der Waals surface area contributed by atoms with Crippen LogP contribution < -0.4 is 0 Å². The molecule has 2 nitrogen and oxygen atoms in total. The third-order valence-electron chi connectivity index (χ3n) is 6.24. The van der Waals surface area contributed by atoms with Crippen LogP contribution >= 0.6 is 0 Å². The van der Waals surface area contributed by atoms with E-state index < -0.39 is 0 Å². The molecular weight excluding hydrogens is 272 g/mol. The van der Waals surface area contributed by atoms with Gasteiger partial charge in [0.2, 0.25) is 0 Å². The number of hydrogen-bond acceptors (Lipinski definition) is 2. The molecule has 0 saturated heterocycles. The minimum atomic E-state index is 0.0944. The minimum absolute atomic E-state index is 0.0944. The average molecular weight is 304 g/mol. The predicted molar refractivity (Wildman–Crippen MR) is 91.6 cm³/mol. The summed E-state index contributed by atoms with van der Waals surface area (Å²) in [6, 6.07) is 0. The standard InChI is InChI=1S/C20H32O2/c1-14(9-12-21)7-8-16-15(2)13-17(22)18-19(3,4)10-6-11-20(16,18)5/h9,13,16,18,21H,6-8,10-12H2,1-5H3. The SMILES string of the molecule is CC(=CCO)CCC1C(C)=CC(=O)C2C(C)(C)CCCC12C. The van der Waals surface area contributed by atoms with Gasteiger partial charge in [0.25, 0.3) is 0 Å². The van der Waals surface area contributed by atoms with Crippen LogP contribution in [0.4, 0.5) is 0 Å². The molecule has 0 aromatic carbocycles. The highest BCUT2D eigenvalue weighted by molar-refractivity contribution is 5.94. The number of ketones is 1. The summed E-state index contributed by atoms with van der Waals surface area (Å²) in [4.78, 5) is 12.7. The summed E-state index contributed by atoms with van der Waals surface area (Å²) in [5.74, 6) is 0.991. The molecular formula is C20H32O2. The zero-order valence-corrected chi connectivity index (χ0v) is 14.9. The first-order valence-electron chi connectivity index (χ1n) is 8.71. The smallest absolute Gasteiger partial charge is 0.159 e. The maximum absolute atomic E-state index is 12.7. The Balaban J connectivity index is 2.30.